The van der Waals surface area contributed by atoms with Crippen LogP contribution in [0.1, 0.15) is 42.1 Å². The van der Waals surface area contributed by atoms with Gasteiger partial charge in [0.1, 0.15) is 0 Å². The Morgan fingerprint density at radius 1 is 1.00 bits per heavy atom. The number of hydrogen-bond donors (Lipinski definition) is 1. The van der Waals surface area contributed by atoms with Crippen LogP contribution in [0.15, 0.2) is 53.4 Å². The predicted molar refractivity (Wildman–Crippen MR) is 113 cm³/mol. The van der Waals surface area contributed by atoms with E-state index in [4.69, 9.17) is 0 Å². The molecule has 5 heteroatoms. The normalized spacial score (nSPS) is 10.5. The van der Waals surface area contributed by atoms with Gasteiger partial charge in [-0.1, -0.05) is 44.0 Å². The first kappa shape index (κ1) is 21.0. The van der Waals surface area contributed by atoms with Crippen molar-refractivity contribution < 1.29 is 9.59 Å². The predicted octanol–water partition coefficient (Wildman–Crippen LogP) is 4.85. The summed E-state index contributed by atoms with van der Waals surface area (Å²) >= 11 is 1.38. The Kier molecular flexibility index (Phi) is 8.40. The molecule has 0 heterocycles. The highest BCUT2D eigenvalue weighted by Crippen LogP contribution is 2.24. The van der Waals surface area contributed by atoms with Crippen LogP contribution in [0.4, 0.5) is 5.69 Å². The van der Waals surface area contributed by atoms with E-state index < -0.39 is 0 Å². The number of aryl methyl sites for hydroxylation is 1. The summed E-state index contributed by atoms with van der Waals surface area (Å²) in [4.78, 5) is 26.9. The highest BCUT2D eigenvalue weighted by molar-refractivity contribution is 8.00. The van der Waals surface area contributed by atoms with Crippen molar-refractivity contribution in [2.24, 2.45) is 0 Å². The van der Waals surface area contributed by atoms with Gasteiger partial charge in [-0.05, 0) is 42.7 Å². The summed E-state index contributed by atoms with van der Waals surface area (Å²) in [6.45, 7) is 2.20. The molecule has 0 aromatic heterocycles. The van der Waals surface area contributed by atoms with E-state index >= 15 is 0 Å². The molecular weight excluding hydrogens is 356 g/mol. The molecule has 0 radical (unpaired) electrons. The zero-order valence-electron chi connectivity index (χ0n) is 16.3. The molecule has 2 amide bonds. The third-order valence-electron chi connectivity index (χ3n) is 4.26. The van der Waals surface area contributed by atoms with Gasteiger partial charge in [0.15, 0.2) is 0 Å². The summed E-state index contributed by atoms with van der Waals surface area (Å²) in [7, 11) is 3.46. The molecule has 0 saturated heterocycles. The summed E-state index contributed by atoms with van der Waals surface area (Å²) in [5.41, 5.74) is 2.66. The minimum atomic E-state index is -0.158. The number of thioether (sulfide) groups is 1. The van der Waals surface area contributed by atoms with Crippen LogP contribution in [0.3, 0.4) is 0 Å². The van der Waals surface area contributed by atoms with Gasteiger partial charge in [0.25, 0.3) is 5.91 Å². The van der Waals surface area contributed by atoms with Gasteiger partial charge < -0.3 is 10.2 Å². The first-order valence-corrected chi connectivity index (χ1v) is 10.3. The van der Waals surface area contributed by atoms with Crippen molar-refractivity contribution in [1.29, 1.82) is 0 Å². The van der Waals surface area contributed by atoms with Crippen molar-refractivity contribution in [1.82, 2.24) is 4.90 Å². The highest BCUT2D eigenvalue weighted by atomic mass is 32.2. The number of carbonyl (C=O) groups is 2. The maximum Gasteiger partial charge on any atom is 0.256 e. The van der Waals surface area contributed by atoms with Crippen LogP contribution in [0.5, 0.6) is 0 Å². The number of amides is 2. The van der Waals surface area contributed by atoms with Gasteiger partial charge in [-0.2, -0.15) is 0 Å². The Bertz CT molecular complexity index is 757. The molecule has 27 heavy (non-hydrogen) atoms. The lowest BCUT2D eigenvalue weighted by Gasteiger charge is -2.12. The zero-order valence-corrected chi connectivity index (χ0v) is 17.1. The number of rotatable bonds is 9. The average molecular weight is 385 g/mol. The minimum absolute atomic E-state index is 0.0221. The van der Waals surface area contributed by atoms with E-state index in [1.807, 2.05) is 30.3 Å². The standard InChI is InChI=1S/C22H28N2O2S/c1-4-5-6-9-17-12-14-18(15-13-17)23-22(26)19-10-7-8-11-20(19)27-16-21(25)24(2)3/h7-8,10-15H,4-6,9,16H2,1-3H3,(H,23,26). The molecule has 0 aliphatic rings. The third kappa shape index (κ3) is 6.75. The van der Waals surface area contributed by atoms with Crippen LogP contribution >= 0.6 is 11.8 Å². The molecule has 0 spiro atoms. The number of carbonyl (C=O) groups excluding carboxylic acids is 2. The van der Waals surface area contributed by atoms with Crippen LogP contribution < -0.4 is 5.32 Å². The zero-order chi connectivity index (χ0) is 19.6. The van der Waals surface area contributed by atoms with Crippen molar-refractivity contribution in [2.45, 2.75) is 37.5 Å². The topological polar surface area (TPSA) is 49.4 Å². The van der Waals surface area contributed by atoms with E-state index in [0.717, 1.165) is 17.0 Å². The number of nitrogens with one attached hydrogen (secondary N) is 1. The van der Waals surface area contributed by atoms with Gasteiger partial charge in [0.05, 0.1) is 11.3 Å². The van der Waals surface area contributed by atoms with Crippen LogP contribution in [-0.2, 0) is 11.2 Å². The van der Waals surface area contributed by atoms with Crippen LogP contribution in [0.25, 0.3) is 0 Å². The second-order valence-electron chi connectivity index (χ2n) is 6.68. The van der Waals surface area contributed by atoms with Gasteiger partial charge in [0.2, 0.25) is 5.91 Å². The molecule has 144 valence electrons. The molecule has 0 aliphatic heterocycles. The average Bonchev–Trinajstić information content (AvgIpc) is 2.67. The van der Waals surface area contributed by atoms with Crippen molar-refractivity contribution in [3.63, 3.8) is 0 Å². The lowest BCUT2D eigenvalue weighted by molar-refractivity contribution is -0.125. The molecular formula is C22H28N2O2S. The summed E-state index contributed by atoms with van der Waals surface area (Å²) in [5, 5.41) is 2.96. The van der Waals surface area contributed by atoms with E-state index in [2.05, 4.69) is 24.4 Å². The first-order chi connectivity index (χ1) is 13.0. The van der Waals surface area contributed by atoms with Gasteiger partial charge >= 0.3 is 0 Å². The van der Waals surface area contributed by atoms with Crippen molar-refractivity contribution in [3.8, 4) is 0 Å². The fraction of sp³-hybridized carbons (Fsp3) is 0.364. The third-order valence-corrected chi connectivity index (χ3v) is 5.32. The maximum absolute atomic E-state index is 12.7. The number of anilines is 1. The summed E-state index contributed by atoms with van der Waals surface area (Å²) in [6, 6.07) is 15.4. The summed E-state index contributed by atoms with van der Waals surface area (Å²) in [5.74, 6) is 0.173. The molecule has 2 rings (SSSR count). The van der Waals surface area contributed by atoms with E-state index in [0.29, 0.717) is 11.3 Å². The molecule has 1 N–H and O–H groups in total. The molecule has 2 aromatic rings. The monoisotopic (exact) mass is 384 g/mol. The molecule has 0 bridgehead atoms. The fourth-order valence-corrected chi connectivity index (χ4v) is 3.61. The number of nitrogens with zero attached hydrogens (tertiary/aromatic N) is 1. The number of benzene rings is 2. The van der Waals surface area contributed by atoms with Crippen LogP contribution in [0, 0.1) is 0 Å². The lowest BCUT2D eigenvalue weighted by atomic mass is 10.1. The first-order valence-electron chi connectivity index (χ1n) is 9.33. The van der Waals surface area contributed by atoms with E-state index in [1.54, 1.807) is 25.1 Å². The Balaban J connectivity index is 2.00. The molecule has 0 saturated carbocycles. The van der Waals surface area contributed by atoms with E-state index in [1.165, 1.54) is 36.6 Å². The Morgan fingerprint density at radius 3 is 2.37 bits per heavy atom. The summed E-state index contributed by atoms with van der Waals surface area (Å²) < 4.78 is 0. The van der Waals surface area contributed by atoms with E-state index in [-0.39, 0.29) is 11.8 Å². The number of hydrogen-bond acceptors (Lipinski definition) is 3. The Labute approximate surface area is 166 Å². The van der Waals surface area contributed by atoms with E-state index in [9.17, 15) is 9.59 Å². The molecule has 2 aromatic carbocycles. The quantitative estimate of drug-likeness (QED) is 0.496. The van der Waals surface area contributed by atoms with Crippen molar-refractivity contribution >= 4 is 29.3 Å². The van der Waals surface area contributed by atoms with Gasteiger partial charge in [-0.3, -0.25) is 9.59 Å². The largest absolute Gasteiger partial charge is 0.348 e. The Hall–Kier alpha value is -2.27. The number of unbranched alkanes of at least 4 members (excludes halogenated alkanes) is 2. The molecule has 0 atom stereocenters. The maximum atomic E-state index is 12.7. The van der Waals surface area contributed by atoms with Crippen LogP contribution in [-0.4, -0.2) is 36.6 Å². The van der Waals surface area contributed by atoms with Crippen molar-refractivity contribution in [3.05, 3.63) is 59.7 Å². The second kappa shape index (κ2) is 10.8. The smallest absolute Gasteiger partial charge is 0.256 e. The SMILES string of the molecule is CCCCCc1ccc(NC(=O)c2ccccc2SCC(=O)N(C)C)cc1. The fourth-order valence-electron chi connectivity index (χ4n) is 2.58. The van der Waals surface area contributed by atoms with Gasteiger partial charge in [0, 0.05) is 24.7 Å². The Morgan fingerprint density at radius 2 is 1.70 bits per heavy atom. The minimum Gasteiger partial charge on any atom is -0.348 e. The second-order valence-corrected chi connectivity index (χ2v) is 7.70. The van der Waals surface area contributed by atoms with Crippen LogP contribution in [0.2, 0.25) is 0 Å². The van der Waals surface area contributed by atoms with Gasteiger partial charge in [-0.15, -0.1) is 11.8 Å². The van der Waals surface area contributed by atoms with Gasteiger partial charge in [-0.25, -0.2) is 0 Å². The summed E-state index contributed by atoms with van der Waals surface area (Å²) in [6.07, 6.45) is 4.72. The molecule has 0 fully saturated rings. The lowest BCUT2D eigenvalue weighted by Crippen LogP contribution is -2.23. The molecule has 0 unspecified atom stereocenters. The van der Waals surface area contributed by atoms with Crippen molar-refractivity contribution in [2.75, 3.05) is 25.2 Å². The highest BCUT2D eigenvalue weighted by Gasteiger charge is 2.13. The molecule has 4 nitrogen and oxygen atoms in total. The molecule has 0 aliphatic carbocycles.